The highest BCUT2D eigenvalue weighted by molar-refractivity contribution is 7.89. The van der Waals surface area contributed by atoms with Gasteiger partial charge in [-0.15, -0.1) is 0 Å². The first kappa shape index (κ1) is 18.9. The fourth-order valence-electron chi connectivity index (χ4n) is 3.38. The number of sulfonamides is 1. The molecule has 2 aromatic carbocycles. The molecule has 0 amide bonds. The minimum Gasteiger partial charge on any atom is -0.497 e. The Bertz CT molecular complexity index is 829. The van der Waals surface area contributed by atoms with Crippen molar-refractivity contribution < 1.29 is 13.2 Å². The molecule has 0 unspecified atom stereocenters. The van der Waals surface area contributed by atoms with Crippen molar-refractivity contribution in [2.75, 3.05) is 20.2 Å². The summed E-state index contributed by atoms with van der Waals surface area (Å²) in [7, 11) is -1.94. The standard InChI is InChI=1S/C20H26N2O3S/c1-16-14-19(25-2)8-9-20(16)26(23,24)21-18-10-12-22(13-11-18)15-17-6-4-3-5-7-17/h3-9,14,18,21H,10-13,15H2,1-2H3. The second kappa shape index (κ2) is 8.20. The van der Waals surface area contributed by atoms with Crippen molar-refractivity contribution in [1.29, 1.82) is 0 Å². The van der Waals surface area contributed by atoms with E-state index in [1.807, 2.05) is 18.2 Å². The van der Waals surface area contributed by atoms with Crippen molar-refractivity contribution in [1.82, 2.24) is 9.62 Å². The molecule has 5 nitrogen and oxygen atoms in total. The fourth-order valence-corrected chi connectivity index (χ4v) is 4.92. The SMILES string of the molecule is COc1ccc(S(=O)(=O)NC2CCN(Cc3ccccc3)CC2)c(C)c1. The van der Waals surface area contributed by atoms with Gasteiger partial charge < -0.3 is 4.74 Å². The number of nitrogens with one attached hydrogen (secondary N) is 1. The third-order valence-corrected chi connectivity index (χ3v) is 6.51. The predicted molar refractivity (Wildman–Crippen MR) is 103 cm³/mol. The van der Waals surface area contributed by atoms with Gasteiger partial charge in [-0.05, 0) is 49.1 Å². The summed E-state index contributed by atoms with van der Waals surface area (Å²) >= 11 is 0. The molecular formula is C20H26N2O3S. The first-order valence-corrected chi connectivity index (χ1v) is 10.4. The van der Waals surface area contributed by atoms with Crippen molar-refractivity contribution in [3.8, 4) is 5.75 Å². The van der Waals surface area contributed by atoms with E-state index in [1.165, 1.54) is 5.56 Å². The molecule has 6 heteroatoms. The Labute approximate surface area is 156 Å². The van der Waals surface area contributed by atoms with Gasteiger partial charge in [0.1, 0.15) is 5.75 Å². The van der Waals surface area contributed by atoms with Gasteiger partial charge >= 0.3 is 0 Å². The van der Waals surface area contributed by atoms with Crippen LogP contribution >= 0.6 is 0 Å². The number of ether oxygens (including phenoxy) is 1. The highest BCUT2D eigenvalue weighted by atomic mass is 32.2. The second-order valence-corrected chi connectivity index (χ2v) is 8.47. The molecule has 1 aliphatic rings. The molecule has 0 aliphatic carbocycles. The van der Waals surface area contributed by atoms with Gasteiger partial charge in [0.25, 0.3) is 0 Å². The first-order chi connectivity index (χ1) is 12.5. The van der Waals surface area contributed by atoms with Gasteiger partial charge in [0.05, 0.1) is 12.0 Å². The van der Waals surface area contributed by atoms with E-state index >= 15 is 0 Å². The van der Waals surface area contributed by atoms with Gasteiger partial charge in [0.15, 0.2) is 0 Å². The van der Waals surface area contributed by atoms with Crippen LogP contribution in [0.1, 0.15) is 24.0 Å². The Morgan fingerprint density at radius 2 is 1.81 bits per heavy atom. The Hall–Kier alpha value is -1.89. The van der Waals surface area contributed by atoms with Gasteiger partial charge in [0, 0.05) is 25.7 Å². The number of rotatable bonds is 6. The normalized spacial score (nSPS) is 16.5. The van der Waals surface area contributed by atoms with Crippen LogP contribution in [0.4, 0.5) is 0 Å². The molecular weight excluding hydrogens is 348 g/mol. The van der Waals surface area contributed by atoms with Crippen LogP contribution < -0.4 is 9.46 Å². The summed E-state index contributed by atoms with van der Waals surface area (Å²) in [5, 5.41) is 0. The van der Waals surface area contributed by atoms with E-state index < -0.39 is 10.0 Å². The summed E-state index contributed by atoms with van der Waals surface area (Å²) < 4.78 is 33.5. The van der Waals surface area contributed by atoms with Gasteiger partial charge in [-0.25, -0.2) is 13.1 Å². The average Bonchev–Trinajstić information content (AvgIpc) is 2.63. The summed E-state index contributed by atoms with van der Waals surface area (Å²) in [4.78, 5) is 2.70. The van der Waals surface area contributed by atoms with Crippen LogP contribution in [0.3, 0.4) is 0 Å². The summed E-state index contributed by atoms with van der Waals surface area (Å²) in [6, 6.07) is 15.4. The third kappa shape index (κ3) is 4.63. The van der Waals surface area contributed by atoms with E-state index in [0.29, 0.717) is 16.2 Å². The fraction of sp³-hybridized carbons (Fsp3) is 0.400. The Kier molecular flexibility index (Phi) is 5.96. The molecule has 140 valence electrons. The molecule has 26 heavy (non-hydrogen) atoms. The van der Waals surface area contributed by atoms with Crippen LogP contribution in [0.5, 0.6) is 5.75 Å². The Balaban J connectivity index is 1.58. The van der Waals surface area contributed by atoms with Gasteiger partial charge in [-0.3, -0.25) is 4.90 Å². The van der Waals surface area contributed by atoms with Crippen LogP contribution in [-0.2, 0) is 16.6 Å². The molecule has 0 spiro atoms. The van der Waals surface area contributed by atoms with E-state index in [1.54, 1.807) is 32.2 Å². The smallest absolute Gasteiger partial charge is 0.241 e. The van der Waals surface area contributed by atoms with Gasteiger partial charge in [0.2, 0.25) is 10.0 Å². The van der Waals surface area contributed by atoms with Crippen LogP contribution in [0.25, 0.3) is 0 Å². The minimum atomic E-state index is -3.52. The van der Waals surface area contributed by atoms with Crippen molar-refractivity contribution in [2.45, 2.75) is 37.2 Å². The van der Waals surface area contributed by atoms with E-state index in [0.717, 1.165) is 32.5 Å². The van der Waals surface area contributed by atoms with E-state index in [9.17, 15) is 8.42 Å². The molecule has 0 radical (unpaired) electrons. The molecule has 0 aromatic heterocycles. The minimum absolute atomic E-state index is 0.0199. The summed E-state index contributed by atoms with van der Waals surface area (Å²) in [5.74, 6) is 0.663. The topological polar surface area (TPSA) is 58.6 Å². The van der Waals surface area contributed by atoms with Crippen LogP contribution in [-0.4, -0.2) is 39.6 Å². The summed E-state index contributed by atoms with van der Waals surface area (Å²) in [6.45, 7) is 4.49. The number of hydrogen-bond acceptors (Lipinski definition) is 4. The van der Waals surface area contributed by atoms with E-state index in [4.69, 9.17) is 4.74 Å². The number of aryl methyl sites for hydroxylation is 1. The quantitative estimate of drug-likeness (QED) is 0.845. The molecule has 1 saturated heterocycles. The maximum Gasteiger partial charge on any atom is 0.241 e. The second-order valence-electron chi connectivity index (χ2n) is 6.79. The molecule has 1 heterocycles. The van der Waals surface area contributed by atoms with E-state index in [-0.39, 0.29) is 6.04 Å². The Morgan fingerprint density at radius 3 is 2.42 bits per heavy atom. The highest BCUT2D eigenvalue weighted by Gasteiger charge is 2.25. The zero-order valence-electron chi connectivity index (χ0n) is 15.3. The third-order valence-electron chi connectivity index (χ3n) is 4.83. The molecule has 1 aliphatic heterocycles. The number of benzene rings is 2. The van der Waals surface area contributed by atoms with Crippen LogP contribution in [0.15, 0.2) is 53.4 Å². The lowest BCUT2D eigenvalue weighted by atomic mass is 10.1. The van der Waals surface area contributed by atoms with Crippen molar-refractivity contribution in [3.63, 3.8) is 0 Å². The lowest BCUT2D eigenvalue weighted by Crippen LogP contribution is -2.44. The molecule has 2 aromatic rings. The molecule has 0 atom stereocenters. The van der Waals surface area contributed by atoms with Gasteiger partial charge in [-0.2, -0.15) is 0 Å². The Morgan fingerprint density at radius 1 is 1.12 bits per heavy atom. The van der Waals surface area contributed by atoms with Crippen molar-refractivity contribution >= 4 is 10.0 Å². The zero-order chi connectivity index (χ0) is 18.6. The van der Waals surface area contributed by atoms with Crippen LogP contribution in [0, 0.1) is 6.92 Å². The summed E-state index contributed by atoms with van der Waals surface area (Å²) in [5.41, 5.74) is 1.98. The molecule has 3 rings (SSSR count). The largest absolute Gasteiger partial charge is 0.497 e. The van der Waals surface area contributed by atoms with E-state index in [2.05, 4.69) is 21.8 Å². The summed E-state index contributed by atoms with van der Waals surface area (Å²) in [6.07, 6.45) is 1.64. The predicted octanol–water partition coefficient (Wildman–Crippen LogP) is 2.95. The number of nitrogens with zero attached hydrogens (tertiary/aromatic N) is 1. The van der Waals surface area contributed by atoms with Gasteiger partial charge in [-0.1, -0.05) is 30.3 Å². The zero-order valence-corrected chi connectivity index (χ0v) is 16.1. The molecule has 1 fully saturated rings. The van der Waals surface area contributed by atoms with Crippen LogP contribution in [0.2, 0.25) is 0 Å². The molecule has 1 N–H and O–H groups in total. The number of hydrogen-bond donors (Lipinski definition) is 1. The molecule has 0 saturated carbocycles. The first-order valence-electron chi connectivity index (χ1n) is 8.91. The number of likely N-dealkylation sites (tertiary alicyclic amines) is 1. The van der Waals surface area contributed by atoms with Crippen molar-refractivity contribution in [2.24, 2.45) is 0 Å². The maximum absolute atomic E-state index is 12.7. The molecule has 0 bridgehead atoms. The lowest BCUT2D eigenvalue weighted by molar-refractivity contribution is 0.200. The maximum atomic E-state index is 12.7. The number of methoxy groups -OCH3 is 1. The average molecular weight is 375 g/mol. The monoisotopic (exact) mass is 374 g/mol. The highest BCUT2D eigenvalue weighted by Crippen LogP contribution is 2.22. The van der Waals surface area contributed by atoms with Crippen molar-refractivity contribution in [3.05, 3.63) is 59.7 Å². The lowest BCUT2D eigenvalue weighted by Gasteiger charge is -2.32. The number of piperidine rings is 1.